The molecule has 1 rings (SSSR count). The van der Waals surface area contributed by atoms with Gasteiger partial charge in [0.2, 0.25) is 5.88 Å². The molecule has 4 heteroatoms. The number of hydrogen-bond donors (Lipinski definition) is 1. The Labute approximate surface area is 104 Å². The molecule has 2 atom stereocenters. The highest BCUT2D eigenvalue weighted by molar-refractivity contribution is 5.31. The van der Waals surface area contributed by atoms with Crippen molar-refractivity contribution in [1.29, 1.82) is 0 Å². The molecule has 0 aliphatic carbocycles. The fourth-order valence-electron chi connectivity index (χ4n) is 2.24. The molecule has 0 aliphatic rings. The summed E-state index contributed by atoms with van der Waals surface area (Å²) in [5.74, 6) is 1.35. The molecule has 0 aliphatic heterocycles. The average molecular weight is 237 g/mol. The van der Waals surface area contributed by atoms with Crippen molar-refractivity contribution in [1.82, 2.24) is 9.97 Å². The van der Waals surface area contributed by atoms with Gasteiger partial charge in [0.1, 0.15) is 6.33 Å². The molecule has 0 radical (unpaired) electrons. The minimum atomic E-state index is 0.0677. The molecule has 0 saturated carbocycles. The molecular weight excluding hydrogens is 214 g/mol. The van der Waals surface area contributed by atoms with E-state index in [1.807, 2.05) is 20.8 Å². The van der Waals surface area contributed by atoms with E-state index < -0.39 is 0 Å². The number of nitrogens with zero attached hydrogens (tertiary/aromatic N) is 2. The Balaban J connectivity index is 3.15. The highest BCUT2D eigenvalue weighted by atomic mass is 16.5. The van der Waals surface area contributed by atoms with E-state index >= 15 is 0 Å². The Hall–Kier alpha value is -1.16. The molecule has 0 fully saturated rings. The summed E-state index contributed by atoms with van der Waals surface area (Å²) in [6.07, 6.45) is 1.56. The zero-order valence-corrected chi connectivity index (χ0v) is 11.4. The summed E-state index contributed by atoms with van der Waals surface area (Å²) in [6.45, 7) is 10.9. The quantitative estimate of drug-likeness (QED) is 0.853. The molecule has 17 heavy (non-hydrogen) atoms. The third-order valence-electron chi connectivity index (χ3n) is 2.96. The molecule has 1 heterocycles. The SMILES string of the molecule is CCOc1ncnc(C(C(C)C)C(C)N)c1C. The maximum Gasteiger partial charge on any atom is 0.219 e. The molecule has 2 unspecified atom stereocenters. The van der Waals surface area contributed by atoms with Crippen molar-refractivity contribution in [3.8, 4) is 5.88 Å². The summed E-state index contributed by atoms with van der Waals surface area (Å²) in [5.41, 5.74) is 8.07. The van der Waals surface area contributed by atoms with Gasteiger partial charge in [0.15, 0.2) is 0 Å². The summed E-state index contributed by atoms with van der Waals surface area (Å²) < 4.78 is 5.50. The van der Waals surface area contributed by atoms with Gasteiger partial charge in [-0.3, -0.25) is 0 Å². The van der Waals surface area contributed by atoms with Gasteiger partial charge in [-0.15, -0.1) is 0 Å². The zero-order valence-electron chi connectivity index (χ0n) is 11.4. The molecule has 0 amide bonds. The van der Waals surface area contributed by atoms with E-state index in [2.05, 4.69) is 23.8 Å². The van der Waals surface area contributed by atoms with E-state index in [0.717, 1.165) is 11.3 Å². The molecule has 0 aromatic carbocycles. The van der Waals surface area contributed by atoms with Crippen LogP contribution in [-0.2, 0) is 0 Å². The lowest BCUT2D eigenvalue weighted by molar-refractivity contribution is 0.320. The molecule has 96 valence electrons. The Bertz CT molecular complexity index is 356. The van der Waals surface area contributed by atoms with Gasteiger partial charge in [0.25, 0.3) is 0 Å². The van der Waals surface area contributed by atoms with E-state index in [-0.39, 0.29) is 12.0 Å². The monoisotopic (exact) mass is 237 g/mol. The van der Waals surface area contributed by atoms with Crippen LogP contribution in [-0.4, -0.2) is 22.6 Å². The number of ether oxygens (including phenoxy) is 1. The van der Waals surface area contributed by atoms with Crippen LogP contribution in [0.25, 0.3) is 0 Å². The van der Waals surface area contributed by atoms with Gasteiger partial charge in [0, 0.05) is 17.5 Å². The maximum absolute atomic E-state index is 6.06. The Morgan fingerprint density at radius 1 is 1.29 bits per heavy atom. The summed E-state index contributed by atoms with van der Waals surface area (Å²) in [7, 11) is 0. The second-order valence-corrected chi connectivity index (χ2v) is 4.75. The van der Waals surface area contributed by atoms with Crippen molar-refractivity contribution < 1.29 is 4.74 Å². The first-order valence-corrected chi connectivity index (χ1v) is 6.18. The second-order valence-electron chi connectivity index (χ2n) is 4.75. The van der Waals surface area contributed by atoms with E-state index in [4.69, 9.17) is 10.5 Å². The molecule has 1 aromatic heterocycles. The van der Waals surface area contributed by atoms with Crippen molar-refractivity contribution in [2.45, 2.75) is 46.6 Å². The molecule has 1 aromatic rings. The van der Waals surface area contributed by atoms with Crippen LogP contribution in [0, 0.1) is 12.8 Å². The molecule has 0 spiro atoms. The lowest BCUT2D eigenvalue weighted by Gasteiger charge is -2.25. The first-order chi connectivity index (χ1) is 7.99. The van der Waals surface area contributed by atoms with Crippen molar-refractivity contribution in [3.63, 3.8) is 0 Å². The van der Waals surface area contributed by atoms with Gasteiger partial charge < -0.3 is 10.5 Å². The van der Waals surface area contributed by atoms with Crippen LogP contribution >= 0.6 is 0 Å². The molecular formula is C13H23N3O. The van der Waals surface area contributed by atoms with Crippen LogP contribution < -0.4 is 10.5 Å². The average Bonchev–Trinajstić information content (AvgIpc) is 2.23. The van der Waals surface area contributed by atoms with E-state index in [1.165, 1.54) is 0 Å². The number of aromatic nitrogens is 2. The highest BCUT2D eigenvalue weighted by Crippen LogP contribution is 2.30. The lowest BCUT2D eigenvalue weighted by Crippen LogP contribution is -2.30. The third-order valence-corrected chi connectivity index (χ3v) is 2.96. The highest BCUT2D eigenvalue weighted by Gasteiger charge is 2.24. The normalized spacial score (nSPS) is 14.8. The number of rotatable bonds is 5. The Morgan fingerprint density at radius 2 is 1.94 bits per heavy atom. The van der Waals surface area contributed by atoms with Crippen LogP contribution in [0.1, 0.15) is 44.9 Å². The van der Waals surface area contributed by atoms with Gasteiger partial charge in [-0.1, -0.05) is 13.8 Å². The third kappa shape index (κ3) is 3.16. The summed E-state index contributed by atoms with van der Waals surface area (Å²) in [4.78, 5) is 8.55. The van der Waals surface area contributed by atoms with Gasteiger partial charge >= 0.3 is 0 Å². The summed E-state index contributed by atoms with van der Waals surface area (Å²) in [5, 5.41) is 0. The van der Waals surface area contributed by atoms with Gasteiger partial charge in [-0.05, 0) is 26.7 Å². The molecule has 0 saturated heterocycles. The van der Waals surface area contributed by atoms with E-state index in [9.17, 15) is 0 Å². The van der Waals surface area contributed by atoms with Crippen molar-refractivity contribution in [2.75, 3.05) is 6.61 Å². The minimum absolute atomic E-state index is 0.0677. The van der Waals surface area contributed by atoms with Gasteiger partial charge in [-0.2, -0.15) is 0 Å². The van der Waals surface area contributed by atoms with Gasteiger partial charge in [-0.25, -0.2) is 9.97 Å². The smallest absolute Gasteiger partial charge is 0.219 e. The van der Waals surface area contributed by atoms with Crippen molar-refractivity contribution >= 4 is 0 Å². The first-order valence-electron chi connectivity index (χ1n) is 6.18. The second kappa shape index (κ2) is 5.96. The largest absolute Gasteiger partial charge is 0.478 e. The van der Waals surface area contributed by atoms with E-state index in [0.29, 0.717) is 18.4 Å². The van der Waals surface area contributed by atoms with Crippen LogP contribution in [0.2, 0.25) is 0 Å². The topological polar surface area (TPSA) is 61.0 Å². The first kappa shape index (κ1) is 13.9. The fraction of sp³-hybridized carbons (Fsp3) is 0.692. The predicted molar refractivity (Wildman–Crippen MR) is 69.2 cm³/mol. The molecule has 4 nitrogen and oxygen atoms in total. The number of nitrogens with two attached hydrogens (primary N) is 1. The standard InChI is InChI=1S/C13H23N3O/c1-6-17-13-9(4)12(15-7-16-13)11(8(2)3)10(5)14/h7-8,10-11H,6,14H2,1-5H3. The summed E-state index contributed by atoms with van der Waals surface area (Å²) >= 11 is 0. The lowest BCUT2D eigenvalue weighted by atomic mass is 9.85. The predicted octanol–water partition coefficient (Wildman–Crippen LogP) is 2.27. The van der Waals surface area contributed by atoms with E-state index in [1.54, 1.807) is 6.33 Å². The molecule has 0 bridgehead atoms. The van der Waals surface area contributed by atoms with Gasteiger partial charge in [0.05, 0.1) is 12.3 Å². The molecule has 2 N–H and O–H groups in total. The Kier molecular flexibility index (Phi) is 4.87. The van der Waals surface area contributed by atoms with Crippen LogP contribution in [0.15, 0.2) is 6.33 Å². The zero-order chi connectivity index (χ0) is 13.0. The van der Waals surface area contributed by atoms with Crippen molar-refractivity contribution in [2.24, 2.45) is 11.7 Å². The number of hydrogen-bond acceptors (Lipinski definition) is 4. The maximum atomic E-state index is 6.06. The Morgan fingerprint density at radius 3 is 2.41 bits per heavy atom. The fourth-order valence-corrected chi connectivity index (χ4v) is 2.24. The van der Waals surface area contributed by atoms with Crippen LogP contribution in [0.5, 0.6) is 5.88 Å². The van der Waals surface area contributed by atoms with Crippen LogP contribution in [0.3, 0.4) is 0 Å². The summed E-state index contributed by atoms with van der Waals surface area (Å²) in [6, 6.07) is 0.0677. The van der Waals surface area contributed by atoms with Crippen LogP contribution in [0.4, 0.5) is 0 Å². The minimum Gasteiger partial charge on any atom is -0.478 e. The van der Waals surface area contributed by atoms with Crippen molar-refractivity contribution in [3.05, 3.63) is 17.6 Å².